The normalized spacial score (nSPS) is 18.8. The summed E-state index contributed by atoms with van der Waals surface area (Å²) in [5.74, 6) is -0.113. The van der Waals surface area contributed by atoms with Gasteiger partial charge < -0.3 is 10.1 Å². The van der Waals surface area contributed by atoms with E-state index in [-0.39, 0.29) is 12.0 Å². The molecule has 0 bridgehead atoms. The van der Waals surface area contributed by atoms with Gasteiger partial charge in [0.1, 0.15) is 0 Å². The molecular formula is C15H20Cl2N2O2. The molecule has 1 saturated heterocycles. The lowest BCUT2D eigenvalue weighted by Gasteiger charge is -2.27. The first-order valence-electron chi connectivity index (χ1n) is 7.10. The van der Waals surface area contributed by atoms with Crippen molar-refractivity contribution in [3.63, 3.8) is 0 Å². The van der Waals surface area contributed by atoms with Gasteiger partial charge in [-0.15, -0.1) is 0 Å². The van der Waals surface area contributed by atoms with E-state index in [1.807, 2.05) is 11.9 Å². The van der Waals surface area contributed by atoms with E-state index in [2.05, 4.69) is 5.32 Å². The van der Waals surface area contributed by atoms with Crippen molar-refractivity contribution in [1.29, 1.82) is 0 Å². The molecule has 1 heterocycles. The monoisotopic (exact) mass is 330 g/mol. The maximum absolute atomic E-state index is 12.0. The number of hydrogen-bond donors (Lipinski definition) is 1. The Morgan fingerprint density at radius 2 is 2.24 bits per heavy atom. The second-order valence-electron chi connectivity index (χ2n) is 5.33. The van der Waals surface area contributed by atoms with Crippen LogP contribution in [-0.4, -0.2) is 43.7 Å². The number of anilines is 1. The van der Waals surface area contributed by atoms with Crippen LogP contribution in [0.2, 0.25) is 10.0 Å². The van der Waals surface area contributed by atoms with Crippen molar-refractivity contribution in [2.24, 2.45) is 0 Å². The minimum Gasteiger partial charge on any atom is -0.377 e. The summed E-state index contributed by atoms with van der Waals surface area (Å²) in [6, 6.07) is 5.17. The molecule has 0 spiro atoms. The van der Waals surface area contributed by atoms with Crippen LogP contribution in [0.3, 0.4) is 0 Å². The van der Waals surface area contributed by atoms with Gasteiger partial charge in [0.25, 0.3) is 0 Å². The number of hydrogen-bond acceptors (Lipinski definition) is 3. The van der Waals surface area contributed by atoms with E-state index in [0.29, 0.717) is 22.3 Å². The lowest BCUT2D eigenvalue weighted by molar-refractivity contribution is -0.117. The second-order valence-corrected chi connectivity index (χ2v) is 6.12. The molecule has 1 aliphatic heterocycles. The second kappa shape index (κ2) is 7.99. The molecule has 116 valence electrons. The van der Waals surface area contributed by atoms with Gasteiger partial charge >= 0.3 is 0 Å². The van der Waals surface area contributed by atoms with Gasteiger partial charge in [-0.3, -0.25) is 9.69 Å². The first-order valence-corrected chi connectivity index (χ1v) is 7.86. The minimum atomic E-state index is -0.113. The highest BCUT2D eigenvalue weighted by atomic mass is 35.5. The summed E-state index contributed by atoms with van der Waals surface area (Å²) in [5.41, 5.74) is 0.538. The number of carbonyl (C=O) groups excluding carboxylic acids is 1. The quantitative estimate of drug-likeness (QED) is 0.899. The Hall–Kier alpha value is -0.810. The van der Waals surface area contributed by atoms with Crippen molar-refractivity contribution in [3.8, 4) is 0 Å². The third-order valence-corrected chi connectivity index (χ3v) is 4.25. The fraction of sp³-hybridized carbons (Fsp3) is 0.533. The average molecular weight is 331 g/mol. The highest BCUT2D eigenvalue weighted by molar-refractivity contribution is 6.43. The summed E-state index contributed by atoms with van der Waals surface area (Å²) in [4.78, 5) is 14.0. The van der Waals surface area contributed by atoms with E-state index >= 15 is 0 Å². The van der Waals surface area contributed by atoms with Gasteiger partial charge in [-0.1, -0.05) is 29.3 Å². The summed E-state index contributed by atoms with van der Waals surface area (Å²) in [7, 11) is 1.91. The molecule has 1 unspecified atom stereocenters. The number of rotatable bonds is 5. The fourth-order valence-electron chi connectivity index (χ4n) is 2.40. The van der Waals surface area contributed by atoms with Crippen LogP contribution in [0.1, 0.15) is 19.3 Å². The van der Waals surface area contributed by atoms with Crippen LogP contribution in [-0.2, 0) is 9.53 Å². The molecule has 1 aromatic rings. The summed E-state index contributed by atoms with van der Waals surface area (Å²) in [5, 5.41) is 3.58. The molecule has 1 N–H and O–H groups in total. The number of carbonyl (C=O) groups is 1. The molecule has 4 nitrogen and oxygen atoms in total. The van der Waals surface area contributed by atoms with Gasteiger partial charge in [-0.25, -0.2) is 0 Å². The Morgan fingerprint density at radius 3 is 2.95 bits per heavy atom. The molecule has 0 aliphatic carbocycles. The highest BCUT2D eigenvalue weighted by Gasteiger charge is 2.17. The minimum absolute atomic E-state index is 0.113. The van der Waals surface area contributed by atoms with E-state index in [1.165, 1.54) is 6.42 Å². The van der Waals surface area contributed by atoms with Crippen LogP contribution in [0.4, 0.5) is 5.69 Å². The van der Waals surface area contributed by atoms with Gasteiger partial charge in [0.15, 0.2) is 0 Å². The Bertz CT molecular complexity index is 491. The zero-order valence-corrected chi connectivity index (χ0v) is 13.6. The van der Waals surface area contributed by atoms with E-state index in [1.54, 1.807) is 18.2 Å². The van der Waals surface area contributed by atoms with Crippen molar-refractivity contribution >= 4 is 34.8 Å². The number of likely N-dealkylation sites (N-methyl/N-ethyl adjacent to an activating group) is 1. The smallest absolute Gasteiger partial charge is 0.238 e. The van der Waals surface area contributed by atoms with Crippen molar-refractivity contribution < 1.29 is 9.53 Å². The highest BCUT2D eigenvalue weighted by Crippen LogP contribution is 2.29. The molecular weight excluding hydrogens is 311 g/mol. The summed E-state index contributed by atoms with van der Waals surface area (Å²) < 4.78 is 5.67. The number of nitrogens with one attached hydrogen (secondary N) is 1. The molecule has 21 heavy (non-hydrogen) atoms. The third kappa shape index (κ3) is 5.15. The standard InChI is InChI=1S/C15H20Cl2N2O2/c1-19(9-11-5-2-3-8-21-11)10-14(20)18-13-7-4-6-12(16)15(13)17/h4,6-7,11H,2-3,5,8-10H2,1H3,(H,18,20). The van der Waals surface area contributed by atoms with Crippen LogP contribution in [0.15, 0.2) is 18.2 Å². The molecule has 2 rings (SSSR count). The van der Waals surface area contributed by atoms with Gasteiger partial charge in [0.2, 0.25) is 5.91 Å². The number of halogens is 2. The maximum Gasteiger partial charge on any atom is 0.238 e. The van der Waals surface area contributed by atoms with Gasteiger partial charge in [0.05, 0.1) is 28.4 Å². The first kappa shape index (κ1) is 16.6. The SMILES string of the molecule is CN(CC(=O)Nc1cccc(Cl)c1Cl)CC1CCCCO1. The van der Waals surface area contributed by atoms with Crippen molar-refractivity contribution in [2.45, 2.75) is 25.4 Å². The van der Waals surface area contributed by atoms with Crippen molar-refractivity contribution in [2.75, 3.05) is 32.1 Å². The predicted molar refractivity (Wildman–Crippen MR) is 86.2 cm³/mol. The summed E-state index contributed by atoms with van der Waals surface area (Å²) >= 11 is 12.0. The Kier molecular flexibility index (Phi) is 6.30. The molecule has 0 saturated carbocycles. The van der Waals surface area contributed by atoms with E-state index in [9.17, 15) is 4.79 Å². The molecule has 6 heteroatoms. The summed E-state index contributed by atoms with van der Waals surface area (Å²) in [6.07, 6.45) is 3.62. The average Bonchev–Trinajstić information content (AvgIpc) is 2.44. The topological polar surface area (TPSA) is 41.6 Å². The van der Waals surface area contributed by atoms with Crippen molar-refractivity contribution in [1.82, 2.24) is 4.90 Å². The van der Waals surface area contributed by atoms with Gasteiger partial charge in [-0.2, -0.15) is 0 Å². The van der Waals surface area contributed by atoms with Crippen LogP contribution in [0.25, 0.3) is 0 Å². The molecule has 1 aliphatic rings. The Balaban J connectivity index is 1.82. The lowest BCUT2D eigenvalue weighted by Crippen LogP contribution is -2.37. The Morgan fingerprint density at radius 1 is 1.43 bits per heavy atom. The third-order valence-electron chi connectivity index (χ3n) is 3.43. The zero-order chi connectivity index (χ0) is 15.2. The van der Waals surface area contributed by atoms with Crippen LogP contribution in [0, 0.1) is 0 Å². The van der Waals surface area contributed by atoms with Crippen LogP contribution in [0.5, 0.6) is 0 Å². The number of benzene rings is 1. The predicted octanol–water partition coefficient (Wildman–Crippen LogP) is 3.43. The maximum atomic E-state index is 12.0. The van der Waals surface area contributed by atoms with Crippen LogP contribution >= 0.6 is 23.2 Å². The molecule has 1 amide bonds. The Labute approximate surface area is 135 Å². The summed E-state index contributed by atoms with van der Waals surface area (Å²) in [6.45, 7) is 1.88. The molecule has 1 aromatic carbocycles. The van der Waals surface area contributed by atoms with E-state index < -0.39 is 0 Å². The zero-order valence-electron chi connectivity index (χ0n) is 12.1. The van der Waals surface area contributed by atoms with Crippen LogP contribution < -0.4 is 5.32 Å². The van der Waals surface area contributed by atoms with E-state index in [4.69, 9.17) is 27.9 Å². The molecule has 1 atom stereocenters. The van der Waals surface area contributed by atoms with Crippen molar-refractivity contribution in [3.05, 3.63) is 28.2 Å². The number of amides is 1. The first-order chi connectivity index (χ1) is 10.1. The number of nitrogens with zero attached hydrogens (tertiary/aromatic N) is 1. The van der Waals surface area contributed by atoms with Gasteiger partial charge in [-0.05, 0) is 38.4 Å². The van der Waals surface area contributed by atoms with Gasteiger partial charge in [0, 0.05) is 13.2 Å². The lowest BCUT2D eigenvalue weighted by atomic mass is 10.1. The molecule has 1 fully saturated rings. The fourth-order valence-corrected chi connectivity index (χ4v) is 2.75. The molecule has 0 aromatic heterocycles. The number of ether oxygens (including phenoxy) is 1. The van der Waals surface area contributed by atoms with E-state index in [0.717, 1.165) is 26.0 Å². The molecule has 0 radical (unpaired) electrons. The largest absolute Gasteiger partial charge is 0.377 e.